The van der Waals surface area contributed by atoms with E-state index in [0.29, 0.717) is 19.0 Å². The fourth-order valence-corrected chi connectivity index (χ4v) is 2.41. The van der Waals surface area contributed by atoms with Crippen molar-refractivity contribution in [2.45, 2.75) is 12.6 Å². The van der Waals surface area contributed by atoms with Crippen molar-refractivity contribution < 1.29 is 4.39 Å². The van der Waals surface area contributed by atoms with Crippen molar-refractivity contribution >= 4 is 29.9 Å². The van der Waals surface area contributed by atoms with E-state index in [2.05, 4.69) is 25.6 Å². The van der Waals surface area contributed by atoms with Gasteiger partial charge in [0.25, 0.3) is 0 Å². The van der Waals surface area contributed by atoms with Crippen molar-refractivity contribution in [3.8, 4) is 0 Å². The number of aromatic nitrogens is 2. The van der Waals surface area contributed by atoms with E-state index in [1.807, 2.05) is 33.5 Å². The second-order valence-electron chi connectivity index (χ2n) is 5.86. The van der Waals surface area contributed by atoms with E-state index in [1.54, 1.807) is 23.9 Å². The number of guanidine groups is 1. The number of nitrogens with one attached hydrogen (secondary N) is 2. The van der Waals surface area contributed by atoms with Gasteiger partial charge in [-0.15, -0.1) is 24.0 Å². The van der Waals surface area contributed by atoms with Crippen LogP contribution in [0.1, 0.15) is 17.2 Å². The summed E-state index contributed by atoms with van der Waals surface area (Å²) in [6.07, 6.45) is 3.89. The van der Waals surface area contributed by atoms with Gasteiger partial charge in [-0.1, -0.05) is 12.1 Å². The van der Waals surface area contributed by atoms with Crippen molar-refractivity contribution in [2.75, 3.05) is 27.7 Å². The normalized spacial score (nSPS) is 12.6. The summed E-state index contributed by atoms with van der Waals surface area (Å²) in [5.41, 5.74) is 2.14. The number of likely N-dealkylation sites (N-methyl/N-ethyl adjacent to an activating group) is 1. The standard InChI is InChI=1S/C17H25FN6.HI/c1-19-17(20-9-13-5-7-15(18)8-6-13)21-11-16(23(2)3)14-10-22-24(4)12-14;/h5-8,10,12,16H,9,11H2,1-4H3,(H2,19,20,21);1H. The fraction of sp³-hybridized carbons (Fsp3) is 0.412. The first-order chi connectivity index (χ1) is 11.5. The second-order valence-corrected chi connectivity index (χ2v) is 5.86. The number of halogens is 2. The van der Waals surface area contributed by atoms with E-state index >= 15 is 0 Å². The molecular weight excluding hydrogens is 434 g/mol. The molecule has 0 radical (unpaired) electrons. The van der Waals surface area contributed by atoms with Crippen LogP contribution in [0.15, 0.2) is 41.7 Å². The Bertz CT molecular complexity index is 668. The van der Waals surface area contributed by atoms with Gasteiger partial charge in [0, 0.05) is 38.9 Å². The Morgan fingerprint density at radius 1 is 1.28 bits per heavy atom. The quantitative estimate of drug-likeness (QED) is 0.394. The molecule has 25 heavy (non-hydrogen) atoms. The average molecular weight is 460 g/mol. The molecule has 2 aromatic rings. The van der Waals surface area contributed by atoms with Crippen LogP contribution in [0.3, 0.4) is 0 Å². The lowest BCUT2D eigenvalue weighted by atomic mass is 10.1. The highest BCUT2D eigenvalue weighted by atomic mass is 127. The molecule has 0 spiro atoms. The maximum Gasteiger partial charge on any atom is 0.191 e. The molecule has 8 heteroatoms. The average Bonchev–Trinajstić information content (AvgIpc) is 2.98. The highest BCUT2D eigenvalue weighted by molar-refractivity contribution is 14.0. The summed E-state index contributed by atoms with van der Waals surface area (Å²) >= 11 is 0. The van der Waals surface area contributed by atoms with Crippen molar-refractivity contribution in [2.24, 2.45) is 12.0 Å². The molecule has 0 bridgehead atoms. The van der Waals surface area contributed by atoms with Gasteiger partial charge in [-0.2, -0.15) is 5.10 Å². The molecule has 1 atom stereocenters. The summed E-state index contributed by atoms with van der Waals surface area (Å²) in [7, 11) is 7.71. The summed E-state index contributed by atoms with van der Waals surface area (Å²) in [5, 5.41) is 10.8. The lowest BCUT2D eigenvalue weighted by Crippen LogP contribution is -2.41. The third-order valence-corrected chi connectivity index (χ3v) is 3.79. The van der Waals surface area contributed by atoms with Gasteiger partial charge in [0.15, 0.2) is 5.96 Å². The summed E-state index contributed by atoms with van der Waals surface area (Å²) in [4.78, 5) is 6.37. The van der Waals surface area contributed by atoms with Crippen LogP contribution in [0.2, 0.25) is 0 Å². The van der Waals surface area contributed by atoms with Crippen LogP contribution in [0.25, 0.3) is 0 Å². The van der Waals surface area contributed by atoms with E-state index in [4.69, 9.17) is 0 Å². The zero-order chi connectivity index (χ0) is 17.5. The van der Waals surface area contributed by atoms with Crippen molar-refractivity contribution in [3.05, 3.63) is 53.6 Å². The van der Waals surface area contributed by atoms with Crippen LogP contribution >= 0.6 is 24.0 Å². The Hall–Kier alpha value is -1.68. The number of benzene rings is 1. The molecule has 2 N–H and O–H groups in total. The smallest absolute Gasteiger partial charge is 0.191 e. The number of hydrogen-bond acceptors (Lipinski definition) is 3. The maximum atomic E-state index is 12.9. The Balaban J connectivity index is 0.00000312. The minimum atomic E-state index is -0.230. The Morgan fingerprint density at radius 3 is 2.48 bits per heavy atom. The van der Waals surface area contributed by atoms with Crippen molar-refractivity contribution in [1.82, 2.24) is 25.3 Å². The van der Waals surface area contributed by atoms with Crippen LogP contribution in [0.5, 0.6) is 0 Å². The predicted octanol–water partition coefficient (Wildman–Crippen LogP) is 2.15. The molecule has 0 fully saturated rings. The molecule has 1 unspecified atom stereocenters. The van der Waals surface area contributed by atoms with Gasteiger partial charge < -0.3 is 15.5 Å². The first-order valence-electron chi connectivity index (χ1n) is 7.83. The van der Waals surface area contributed by atoms with Crippen LogP contribution in [-0.2, 0) is 13.6 Å². The molecule has 1 heterocycles. The molecule has 0 aliphatic heterocycles. The Kier molecular flexibility index (Phi) is 8.84. The molecule has 1 aromatic carbocycles. The lowest BCUT2D eigenvalue weighted by Gasteiger charge is -2.24. The van der Waals surface area contributed by atoms with Gasteiger partial charge in [-0.05, 0) is 31.8 Å². The zero-order valence-electron chi connectivity index (χ0n) is 15.0. The minimum absolute atomic E-state index is 0. The largest absolute Gasteiger partial charge is 0.354 e. The molecule has 0 saturated heterocycles. The van der Waals surface area contributed by atoms with E-state index in [-0.39, 0.29) is 35.8 Å². The molecule has 138 valence electrons. The first kappa shape index (κ1) is 21.4. The van der Waals surface area contributed by atoms with Crippen LogP contribution in [0, 0.1) is 5.82 Å². The van der Waals surface area contributed by atoms with Gasteiger partial charge in [0.2, 0.25) is 0 Å². The van der Waals surface area contributed by atoms with Crippen molar-refractivity contribution in [3.63, 3.8) is 0 Å². The Labute approximate surface area is 165 Å². The SMILES string of the molecule is CN=C(NCc1ccc(F)cc1)NCC(c1cnn(C)c1)N(C)C.I. The number of rotatable bonds is 6. The molecule has 0 aliphatic rings. The molecule has 1 aromatic heterocycles. The predicted molar refractivity (Wildman–Crippen MR) is 110 cm³/mol. The van der Waals surface area contributed by atoms with Crippen LogP contribution in [-0.4, -0.2) is 48.3 Å². The fourth-order valence-electron chi connectivity index (χ4n) is 2.41. The van der Waals surface area contributed by atoms with Gasteiger partial charge in [-0.3, -0.25) is 9.67 Å². The summed E-state index contributed by atoms with van der Waals surface area (Å²) < 4.78 is 14.7. The number of hydrogen-bond donors (Lipinski definition) is 2. The molecule has 0 saturated carbocycles. The number of aliphatic imine (C=N–C) groups is 1. The van der Waals surface area contributed by atoms with Crippen LogP contribution in [0.4, 0.5) is 4.39 Å². The number of aryl methyl sites for hydroxylation is 1. The third-order valence-electron chi connectivity index (χ3n) is 3.79. The summed E-state index contributed by atoms with van der Waals surface area (Å²) in [6, 6.07) is 6.61. The van der Waals surface area contributed by atoms with Gasteiger partial charge >= 0.3 is 0 Å². The lowest BCUT2D eigenvalue weighted by molar-refractivity contribution is 0.298. The summed E-state index contributed by atoms with van der Waals surface area (Å²) in [6.45, 7) is 1.28. The summed E-state index contributed by atoms with van der Waals surface area (Å²) in [5.74, 6) is 0.474. The highest BCUT2D eigenvalue weighted by Gasteiger charge is 2.16. The van der Waals surface area contributed by atoms with Crippen molar-refractivity contribution in [1.29, 1.82) is 0 Å². The monoisotopic (exact) mass is 460 g/mol. The number of nitrogens with zero attached hydrogens (tertiary/aromatic N) is 4. The minimum Gasteiger partial charge on any atom is -0.354 e. The van der Waals surface area contributed by atoms with E-state index in [1.165, 1.54) is 12.1 Å². The van der Waals surface area contributed by atoms with E-state index in [9.17, 15) is 4.39 Å². The molecular formula is C17H26FIN6. The molecule has 6 nitrogen and oxygen atoms in total. The molecule has 0 aliphatic carbocycles. The van der Waals surface area contributed by atoms with Crippen LogP contribution < -0.4 is 10.6 Å². The maximum absolute atomic E-state index is 12.9. The van der Waals surface area contributed by atoms with E-state index in [0.717, 1.165) is 11.1 Å². The van der Waals surface area contributed by atoms with Gasteiger partial charge in [0.05, 0.1) is 12.2 Å². The molecule has 0 amide bonds. The molecule has 2 rings (SSSR count). The topological polar surface area (TPSA) is 57.5 Å². The third kappa shape index (κ3) is 6.62. The van der Waals surface area contributed by atoms with Gasteiger partial charge in [-0.25, -0.2) is 4.39 Å². The zero-order valence-corrected chi connectivity index (χ0v) is 17.4. The Morgan fingerprint density at radius 2 is 1.96 bits per heavy atom. The first-order valence-corrected chi connectivity index (χ1v) is 7.83. The highest BCUT2D eigenvalue weighted by Crippen LogP contribution is 2.16. The second kappa shape index (κ2) is 10.3. The van der Waals surface area contributed by atoms with E-state index < -0.39 is 0 Å². The van der Waals surface area contributed by atoms with Gasteiger partial charge in [0.1, 0.15) is 5.82 Å².